The minimum absolute atomic E-state index is 0.0138. The number of likely N-dealkylation sites (tertiary alicyclic amines) is 1. The van der Waals surface area contributed by atoms with Gasteiger partial charge in [-0.25, -0.2) is 0 Å². The van der Waals surface area contributed by atoms with Gasteiger partial charge in [0.25, 0.3) is 0 Å². The van der Waals surface area contributed by atoms with E-state index in [-0.39, 0.29) is 17.9 Å². The molecule has 0 unspecified atom stereocenters. The highest BCUT2D eigenvalue weighted by Gasteiger charge is 2.34. The first kappa shape index (κ1) is 14.8. The summed E-state index contributed by atoms with van der Waals surface area (Å²) in [4.78, 5) is 18.7. The quantitative estimate of drug-likeness (QED) is 0.872. The van der Waals surface area contributed by atoms with Crippen LogP contribution >= 0.6 is 0 Å². The number of amides is 1. The normalized spacial score (nSPS) is 18.2. The Hall–Kier alpha value is -2.17. The Labute approximate surface area is 130 Å². The van der Waals surface area contributed by atoms with E-state index in [4.69, 9.17) is 4.52 Å². The lowest BCUT2D eigenvalue weighted by Gasteiger charge is -2.23. The maximum atomic E-state index is 12.3. The van der Waals surface area contributed by atoms with Gasteiger partial charge in [-0.3, -0.25) is 4.79 Å². The first-order valence-electron chi connectivity index (χ1n) is 7.77. The molecule has 3 rings (SSSR count). The van der Waals surface area contributed by atoms with E-state index in [9.17, 15) is 4.79 Å². The van der Waals surface area contributed by atoms with E-state index < -0.39 is 0 Å². The Balaban J connectivity index is 1.84. The summed E-state index contributed by atoms with van der Waals surface area (Å²) in [6.07, 6.45) is 1.86. The summed E-state index contributed by atoms with van der Waals surface area (Å²) >= 11 is 0. The Morgan fingerprint density at radius 1 is 1.32 bits per heavy atom. The van der Waals surface area contributed by atoms with Gasteiger partial charge in [0.2, 0.25) is 17.6 Å². The van der Waals surface area contributed by atoms with Crippen molar-refractivity contribution in [1.82, 2.24) is 15.0 Å². The summed E-state index contributed by atoms with van der Waals surface area (Å²) in [5.41, 5.74) is 2.12. The van der Waals surface area contributed by atoms with Crippen molar-refractivity contribution >= 4 is 5.91 Å². The van der Waals surface area contributed by atoms with Crippen LogP contribution in [-0.4, -0.2) is 27.5 Å². The molecule has 1 amide bonds. The van der Waals surface area contributed by atoms with E-state index >= 15 is 0 Å². The molecule has 0 N–H and O–H groups in total. The van der Waals surface area contributed by atoms with E-state index in [0.29, 0.717) is 11.7 Å². The molecule has 1 aliphatic rings. The van der Waals surface area contributed by atoms with Crippen LogP contribution in [0.1, 0.15) is 44.2 Å². The van der Waals surface area contributed by atoms with Gasteiger partial charge in [0, 0.05) is 18.0 Å². The summed E-state index contributed by atoms with van der Waals surface area (Å²) < 4.78 is 5.44. The van der Waals surface area contributed by atoms with Gasteiger partial charge in [-0.1, -0.05) is 48.8 Å². The first-order valence-corrected chi connectivity index (χ1v) is 7.77. The maximum Gasteiger partial charge on any atom is 0.249 e. The molecule has 0 aliphatic carbocycles. The molecular weight excluding hydrogens is 278 g/mol. The summed E-state index contributed by atoms with van der Waals surface area (Å²) in [5.74, 6) is 1.26. The number of rotatable bonds is 3. The van der Waals surface area contributed by atoms with Crippen molar-refractivity contribution < 1.29 is 9.32 Å². The minimum Gasteiger partial charge on any atom is -0.337 e. The molecule has 0 bridgehead atoms. The average Bonchev–Trinajstić information content (AvgIpc) is 3.15. The van der Waals surface area contributed by atoms with Crippen LogP contribution < -0.4 is 0 Å². The summed E-state index contributed by atoms with van der Waals surface area (Å²) in [6, 6.07) is 7.93. The number of hydrogen-bond donors (Lipinski definition) is 0. The Bertz CT molecular complexity index is 661. The Kier molecular flexibility index (Phi) is 3.96. The fourth-order valence-electron chi connectivity index (χ4n) is 2.81. The van der Waals surface area contributed by atoms with Gasteiger partial charge in [-0.05, 0) is 19.8 Å². The molecule has 5 heteroatoms. The summed E-state index contributed by atoms with van der Waals surface area (Å²) in [5, 5.41) is 4.08. The second kappa shape index (κ2) is 5.91. The molecule has 116 valence electrons. The highest BCUT2D eigenvalue weighted by atomic mass is 16.5. The van der Waals surface area contributed by atoms with Gasteiger partial charge in [0.1, 0.15) is 6.04 Å². The lowest BCUT2D eigenvalue weighted by atomic mass is 10.1. The summed E-state index contributed by atoms with van der Waals surface area (Å²) in [7, 11) is 0. The molecule has 5 nitrogen and oxygen atoms in total. The Morgan fingerprint density at radius 2 is 2.05 bits per heavy atom. The average molecular weight is 299 g/mol. The number of aryl methyl sites for hydroxylation is 1. The Morgan fingerprint density at radius 3 is 2.73 bits per heavy atom. The van der Waals surface area contributed by atoms with Crippen LogP contribution in [0.15, 0.2) is 28.8 Å². The van der Waals surface area contributed by atoms with E-state index in [1.807, 2.05) is 49.9 Å². The van der Waals surface area contributed by atoms with E-state index in [1.54, 1.807) is 0 Å². The smallest absolute Gasteiger partial charge is 0.249 e. The van der Waals surface area contributed by atoms with Gasteiger partial charge >= 0.3 is 0 Å². The third-order valence-corrected chi connectivity index (χ3v) is 4.07. The standard InChI is InChI=1S/C17H21N3O2/c1-11(2)17(21)20-10-4-5-14(20)16-18-15(19-22-16)13-8-6-12(3)7-9-13/h6-9,11,14H,4-5,10H2,1-3H3/t14-/m0/s1. The van der Waals surface area contributed by atoms with E-state index in [1.165, 1.54) is 5.56 Å². The maximum absolute atomic E-state index is 12.3. The van der Waals surface area contributed by atoms with Crippen LogP contribution in [0.5, 0.6) is 0 Å². The van der Waals surface area contributed by atoms with Crippen molar-refractivity contribution in [2.45, 2.75) is 39.7 Å². The van der Waals surface area contributed by atoms with Gasteiger partial charge < -0.3 is 9.42 Å². The third-order valence-electron chi connectivity index (χ3n) is 4.07. The zero-order valence-corrected chi connectivity index (χ0v) is 13.2. The molecule has 2 aromatic rings. The molecular formula is C17H21N3O2. The predicted molar refractivity (Wildman–Crippen MR) is 83.0 cm³/mol. The molecule has 1 saturated heterocycles. The molecule has 22 heavy (non-hydrogen) atoms. The van der Waals surface area contributed by atoms with E-state index in [0.717, 1.165) is 24.9 Å². The van der Waals surface area contributed by atoms with E-state index in [2.05, 4.69) is 10.1 Å². The molecule has 1 aromatic carbocycles. The van der Waals surface area contributed by atoms with Crippen LogP contribution in [0.3, 0.4) is 0 Å². The molecule has 2 heterocycles. The lowest BCUT2D eigenvalue weighted by molar-refractivity contribution is -0.135. The highest BCUT2D eigenvalue weighted by molar-refractivity contribution is 5.78. The zero-order valence-electron chi connectivity index (χ0n) is 13.2. The highest BCUT2D eigenvalue weighted by Crippen LogP contribution is 2.33. The molecule has 0 radical (unpaired) electrons. The topological polar surface area (TPSA) is 59.2 Å². The first-order chi connectivity index (χ1) is 10.6. The number of carbonyl (C=O) groups excluding carboxylic acids is 1. The second-order valence-electron chi connectivity index (χ2n) is 6.17. The molecule has 1 aromatic heterocycles. The number of carbonyl (C=O) groups is 1. The fraction of sp³-hybridized carbons (Fsp3) is 0.471. The second-order valence-corrected chi connectivity index (χ2v) is 6.17. The molecule has 0 spiro atoms. The van der Waals surface area contributed by atoms with Crippen LogP contribution in [0.4, 0.5) is 0 Å². The molecule has 1 fully saturated rings. The summed E-state index contributed by atoms with van der Waals surface area (Å²) in [6.45, 7) is 6.65. The van der Waals surface area contributed by atoms with Gasteiger partial charge in [0.15, 0.2) is 0 Å². The van der Waals surface area contributed by atoms with Crippen LogP contribution in [0.2, 0.25) is 0 Å². The molecule has 0 saturated carbocycles. The van der Waals surface area contributed by atoms with Gasteiger partial charge in [-0.15, -0.1) is 0 Å². The van der Waals surface area contributed by atoms with Crippen LogP contribution in [-0.2, 0) is 4.79 Å². The SMILES string of the molecule is Cc1ccc(-c2noc([C@@H]3CCCN3C(=O)C(C)C)n2)cc1. The lowest BCUT2D eigenvalue weighted by Crippen LogP contribution is -2.33. The number of hydrogen-bond acceptors (Lipinski definition) is 4. The minimum atomic E-state index is -0.0819. The number of benzene rings is 1. The van der Waals surface area contributed by atoms with Crippen molar-refractivity contribution in [2.75, 3.05) is 6.54 Å². The monoisotopic (exact) mass is 299 g/mol. The third kappa shape index (κ3) is 2.75. The van der Waals surface area contributed by atoms with Crippen molar-refractivity contribution in [3.63, 3.8) is 0 Å². The van der Waals surface area contributed by atoms with Crippen molar-refractivity contribution in [2.24, 2.45) is 5.92 Å². The van der Waals surface area contributed by atoms with Crippen molar-refractivity contribution in [1.29, 1.82) is 0 Å². The zero-order chi connectivity index (χ0) is 15.7. The largest absolute Gasteiger partial charge is 0.337 e. The van der Waals surface area contributed by atoms with Crippen molar-refractivity contribution in [3.8, 4) is 11.4 Å². The fourth-order valence-corrected chi connectivity index (χ4v) is 2.81. The molecule has 1 atom stereocenters. The van der Waals surface area contributed by atoms with Crippen LogP contribution in [0.25, 0.3) is 11.4 Å². The molecule has 1 aliphatic heterocycles. The number of nitrogens with zero attached hydrogens (tertiary/aromatic N) is 3. The van der Waals surface area contributed by atoms with Crippen molar-refractivity contribution in [3.05, 3.63) is 35.7 Å². The van der Waals surface area contributed by atoms with Gasteiger partial charge in [0.05, 0.1) is 0 Å². The van der Waals surface area contributed by atoms with Crippen LogP contribution in [0, 0.1) is 12.8 Å². The predicted octanol–water partition coefficient (Wildman–Crippen LogP) is 3.36. The van der Waals surface area contributed by atoms with Gasteiger partial charge in [-0.2, -0.15) is 4.98 Å². The number of aromatic nitrogens is 2.